The third-order valence-electron chi connectivity index (χ3n) is 3.26. The molecule has 2 aromatic rings. The van der Waals surface area contributed by atoms with Crippen LogP contribution in [0.2, 0.25) is 0 Å². The van der Waals surface area contributed by atoms with E-state index in [1.807, 2.05) is 18.2 Å². The van der Waals surface area contributed by atoms with Gasteiger partial charge in [-0.15, -0.1) is 10.2 Å². The fourth-order valence-electron chi connectivity index (χ4n) is 2.02. The molecule has 0 aromatic carbocycles. The molecule has 0 unspecified atom stereocenters. The number of primary amides is 1. The molecule has 0 saturated carbocycles. The van der Waals surface area contributed by atoms with Crippen molar-refractivity contribution in [2.75, 3.05) is 23.7 Å². The van der Waals surface area contributed by atoms with Gasteiger partial charge in [0.25, 0.3) is 5.91 Å². The lowest BCUT2D eigenvalue weighted by Gasteiger charge is -2.19. The molecule has 2 heterocycles. The highest BCUT2D eigenvalue weighted by Gasteiger charge is 2.17. The minimum atomic E-state index is -0.664. The van der Waals surface area contributed by atoms with Gasteiger partial charge in [-0.2, -0.15) is 0 Å². The third kappa shape index (κ3) is 4.39. The van der Waals surface area contributed by atoms with Crippen molar-refractivity contribution >= 4 is 23.2 Å². The molecule has 0 atom stereocenters. The highest BCUT2D eigenvalue weighted by Crippen LogP contribution is 2.24. The second-order valence-corrected chi connectivity index (χ2v) is 6.35. The first-order valence-electron chi connectivity index (χ1n) is 7.67. The number of anilines is 3. The van der Waals surface area contributed by atoms with E-state index in [-0.39, 0.29) is 11.1 Å². The first-order chi connectivity index (χ1) is 11.3. The lowest BCUT2D eigenvalue weighted by atomic mass is 9.92. The van der Waals surface area contributed by atoms with E-state index in [1.165, 1.54) is 0 Å². The van der Waals surface area contributed by atoms with Gasteiger partial charge in [0, 0.05) is 30.3 Å². The predicted octanol–water partition coefficient (Wildman–Crippen LogP) is 1.38. The average Bonchev–Trinajstić information content (AvgIpc) is 2.52. The Bertz CT molecular complexity index is 725. The molecule has 2 aromatic heterocycles. The molecule has 0 spiro atoms. The topological polar surface area (TPSA) is 132 Å². The zero-order valence-electron chi connectivity index (χ0n) is 14.1. The van der Waals surface area contributed by atoms with Gasteiger partial charge in [-0.1, -0.05) is 26.8 Å². The van der Waals surface area contributed by atoms with Crippen molar-refractivity contribution in [3.05, 3.63) is 35.7 Å². The van der Waals surface area contributed by atoms with Crippen molar-refractivity contribution in [3.63, 3.8) is 0 Å². The number of hydrogen-bond donors (Lipinski definition) is 4. The van der Waals surface area contributed by atoms with E-state index >= 15 is 0 Å². The van der Waals surface area contributed by atoms with Crippen molar-refractivity contribution in [1.82, 2.24) is 15.2 Å². The molecule has 2 rings (SSSR count). The van der Waals surface area contributed by atoms with Crippen molar-refractivity contribution in [2.24, 2.45) is 11.5 Å². The third-order valence-corrected chi connectivity index (χ3v) is 3.26. The number of rotatable bonds is 6. The lowest BCUT2D eigenvalue weighted by molar-refractivity contribution is 0.0995. The molecular formula is C16H23N7O. The number of pyridine rings is 1. The number of hydrogen-bond acceptors (Lipinski definition) is 7. The first kappa shape index (κ1) is 17.6. The maximum atomic E-state index is 11.6. The van der Waals surface area contributed by atoms with Crippen LogP contribution in [0, 0.1) is 0 Å². The fraction of sp³-hybridized carbons (Fsp3) is 0.375. The second-order valence-electron chi connectivity index (χ2n) is 6.35. The van der Waals surface area contributed by atoms with Crippen molar-refractivity contribution in [1.29, 1.82) is 0 Å². The van der Waals surface area contributed by atoms with Crippen LogP contribution in [0.1, 0.15) is 37.0 Å². The molecule has 0 fully saturated rings. The molecule has 8 heteroatoms. The summed E-state index contributed by atoms with van der Waals surface area (Å²) in [6.45, 7) is 7.24. The van der Waals surface area contributed by atoms with Crippen LogP contribution in [0.25, 0.3) is 0 Å². The van der Waals surface area contributed by atoms with Gasteiger partial charge >= 0.3 is 0 Å². The zero-order valence-corrected chi connectivity index (χ0v) is 14.1. The van der Waals surface area contributed by atoms with Gasteiger partial charge < -0.3 is 22.1 Å². The number of aromatic nitrogens is 3. The van der Waals surface area contributed by atoms with Crippen molar-refractivity contribution in [2.45, 2.75) is 26.2 Å². The molecule has 24 heavy (non-hydrogen) atoms. The number of nitrogens with one attached hydrogen (secondary N) is 2. The van der Waals surface area contributed by atoms with E-state index in [9.17, 15) is 4.79 Å². The predicted molar refractivity (Wildman–Crippen MR) is 94.3 cm³/mol. The van der Waals surface area contributed by atoms with Gasteiger partial charge in [0.05, 0.1) is 5.69 Å². The van der Waals surface area contributed by atoms with E-state index in [4.69, 9.17) is 11.5 Å². The van der Waals surface area contributed by atoms with Crippen LogP contribution in [0.3, 0.4) is 0 Å². The van der Waals surface area contributed by atoms with Gasteiger partial charge in [-0.25, -0.2) is 4.98 Å². The first-order valence-corrected chi connectivity index (χ1v) is 7.67. The van der Waals surface area contributed by atoms with Crippen LogP contribution >= 0.6 is 0 Å². The Labute approximate surface area is 141 Å². The molecule has 0 radical (unpaired) electrons. The number of nitrogens with two attached hydrogens (primary N) is 2. The smallest absolute Gasteiger partial charge is 0.271 e. The zero-order chi connectivity index (χ0) is 17.7. The largest absolute Gasteiger partial charge is 0.367 e. The normalized spacial score (nSPS) is 11.2. The summed E-state index contributed by atoms with van der Waals surface area (Å²) in [5.74, 6) is 0.435. The van der Waals surface area contributed by atoms with E-state index in [1.54, 1.807) is 6.07 Å². The van der Waals surface area contributed by atoms with E-state index in [0.717, 1.165) is 5.69 Å². The molecular weight excluding hydrogens is 306 g/mol. The van der Waals surface area contributed by atoms with Gasteiger partial charge in [0.2, 0.25) is 0 Å². The average molecular weight is 329 g/mol. The summed E-state index contributed by atoms with van der Waals surface area (Å²) in [5, 5.41) is 13.9. The second kappa shape index (κ2) is 7.22. The Morgan fingerprint density at radius 2 is 1.96 bits per heavy atom. The molecule has 1 amide bonds. The van der Waals surface area contributed by atoms with Crippen LogP contribution in [0.15, 0.2) is 24.3 Å². The highest BCUT2D eigenvalue weighted by molar-refractivity contribution is 5.97. The lowest BCUT2D eigenvalue weighted by Crippen LogP contribution is -2.19. The Morgan fingerprint density at radius 3 is 2.58 bits per heavy atom. The molecule has 0 aliphatic rings. The molecule has 128 valence electrons. The highest BCUT2D eigenvalue weighted by atomic mass is 16.1. The van der Waals surface area contributed by atoms with Crippen LogP contribution in [0.5, 0.6) is 0 Å². The number of nitrogens with zero attached hydrogens (tertiary/aromatic N) is 3. The number of carbonyl (C=O) groups is 1. The molecule has 0 saturated heterocycles. The monoisotopic (exact) mass is 329 g/mol. The van der Waals surface area contributed by atoms with Gasteiger partial charge in [0.1, 0.15) is 5.82 Å². The van der Waals surface area contributed by atoms with Gasteiger partial charge in [0.15, 0.2) is 11.5 Å². The number of carbonyl (C=O) groups excluding carboxylic acids is 1. The Kier molecular flexibility index (Phi) is 5.30. The maximum absolute atomic E-state index is 11.6. The summed E-state index contributed by atoms with van der Waals surface area (Å²) in [4.78, 5) is 16.2. The van der Waals surface area contributed by atoms with Gasteiger partial charge in [-0.05, 0) is 12.1 Å². The van der Waals surface area contributed by atoms with Crippen LogP contribution in [-0.2, 0) is 5.41 Å². The maximum Gasteiger partial charge on any atom is 0.271 e. The van der Waals surface area contributed by atoms with E-state index in [2.05, 4.69) is 46.6 Å². The molecule has 0 aliphatic carbocycles. The number of amides is 1. The SMILES string of the molecule is CC(C)(C)c1cccc(Nc2cc(NCCN)nnc2C(N)=O)n1. The van der Waals surface area contributed by atoms with Crippen LogP contribution < -0.4 is 22.1 Å². The quantitative estimate of drug-likeness (QED) is 0.629. The van der Waals surface area contributed by atoms with Crippen molar-refractivity contribution in [3.8, 4) is 0 Å². The summed E-state index contributed by atoms with van der Waals surface area (Å²) >= 11 is 0. The van der Waals surface area contributed by atoms with E-state index < -0.39 is 5.91 Å². The Morgan fingerprint density at radius 1 is 1.21 bits per heavy atom. The summed E-state index contributed by atoms with van der Waals surface area (Å²) in [6.07, 6.45) is 0. The standard InChI is InChI=1S/C16H23N7O/c1-16(2,3)11-5-4-6-12(21-11)20-10-9-13(19-8-7-17)22-23-14(10)15(18)24/h4-6,9H,7-8,17H2,1-3H3,(H2,18,24)(H2,19,20,21,22). The Hall–Kier alpha value is -2.74. The van der Waals surface area contributed by atoms with E-state index in [0.29, 0.717) is 30.4 Å². The molecule has 8 nitrogen and oxygen atoms in total. The molecule has 6 N–H and O–H groups in total. The summed E-state index contributed by atoms with van der Waals surface area (Å²) in [5.41, 5.74) is 12.2. The minimum absolute atomic E-state index is 0.0521. The summed E-state index contributed by atoms with van der Waals surface area (Å²) in [6, 6.07) is 7.34. The Balaban J connectivity index is 2.35. The van der Waals surface area contributed by atoms with Gasteiger partial charge in [-0.3, -0.25) is 4.79 Å². The van der Waals surface area contributed by atoms with Crippen LogP contribution in [0.4, 0.5) is 17.3 Å². The molecule has 0 aliphatic heterocycles. The summed E-state index contributed by atoms with van der Waals surface area (Å²) < 4.78 is 0. The minimum Gasteiger partial charge on any atom is -0.367 e. The summed E-state index contributed by atoms with van der Waals surface area (Å²) in [7, 11) is 0. The molecule has 0 bridgehead atoms. The fourth-order valence-corrected chi connectivity index (χ4v) is 2.02. The van der Waals surface area contributed by atoms with Crippen molar-refractivity contribution < 1.29 is 4.79 Å². The van der Waals surface area contributed by atoms with Crippen LogP contribution in [-0.4, -0.2) is 34.2 Å².